The van der Waals surface area contributed by atoms with Gasteiger partial charge in [0.1, 0.15) is 5.01 Å². The van der Waals surface area contributed by atoms with Crippen LogP contribution in [0.2, 0.25) is 0 Å². The summed E-state index contributed by atoms with van der Waals surface area (Å²) in [6, 6.07) is 0. The molecule has 2 aliphatic carbocycles. The molecule has 0 aromatic carbocycles. The van der Waals surface area contributed by atoms with E-state index in [4.69, 9.17) is 5.73 Å². The highest BCUT2D eigenvalue weighted by molar-refractivity contribution is 8.14. The average Bonchev–Trinajstić information content (AvgIpc) is 3.38. The van der Waals surface area contributed by atoms with Crippen LogP contribution < -0.4 is 16.5 Å². The Morgan fingerprint density at radius 2 is 2.17 bits per heavy atom. The second kappa shape index (κ2) is 8.67. The lowest BCUT2D eigenvalue weighted by molar-refractivity contribution is -0.115. The standard InChI is InChI=1S/C18H24N6O3S3/c19-16-23-21-14(28-16)3-8-30(26,27)9-4-15-22-24-17(29-15)20-13(25)10-12-2-7-18(11-12)5-1-6-18/h2,7,11,14,21H,1,3-6,8-10H2,(H2,19,23)(H,20,24,25). The normalized spacial score (nSPS) is 21.8. The lowest BCUT2D eigenvalue weighted by Crippen LogP contribution is -2.22. The van der Waals surface area contributed by atoms with Crippen molar-refractivity contribution < 1.29 is 13.2 Å². The first-order chi connectivity index (χ1) is 14.3. The van der Waals surface area contributed by atoms with Gasteiger partial charge in [0.15, 0.2) is 15.0 Å². The van der Waals surface area contributed by atoms with Crippen LogP contribution in [0.1, 0.15) is 37.1 Å². The smallest absolute Gasteiger partial charge is 0.230 e. The number of carbonyl (C=O) groups is 1. The lowest BCUT2D eigenvalue weighted by Gasteiger charge is -2.34. The maximum absolute atomic E-state index is 12.3. The van der Waals surface area contributed by atoms with Gasteiger partial charge in [0.05, 0.1) is 23.3 Å². The van der Waals surface area contributed by atoms with Gasteiger partial charge in [-0.15, -0.1) is 10.2 Å². The summed E-state index contributed by atoms with van der Waals surface area (Å²) in [5, 5.41) is 15.9. The Hall–Kier alpha value is -1.92. The van der Waals surface area contributed by atoms with Crippen LogP contribution in [0.3, 0.4) is 0 Å². The molecule has 1 saturated carbocycles. The first-order valence-corrected chi connectivity index (χ1v) is 13.3. The van der Waals surface area contributed by atoms with Crippen molar-refractivity contribution in [2.45, 2.75) is 43.9 Å². The number of sulfone groups is 1. The molecule has 4 N–H and O–H groups in total. The molecule has 1 amide bonds. The van der Waals surface area contributed by atoms with E-state index in [0.717, 1.165) is 18.4 Å². The van der Waals surface area contributed by atoms with Crippen molar-refractivity contribution >= 4 is 49.1 Å². The first kappa shape index (κ1) is 21.3. The molecule has 9 nitrogen and oxygen atoms in total. The molecule has 1 atom stereocenters. The Bertz CT molecular complexity index is 1010. The number of anilines is 1. The Labute approximate surface area is 183 Å². The van der Waals surface area contributed by atoms with Gasteiger partial charge < -0.3 is 11.1 Å². The molecule has 2 heterocycles. The van der Waals surface area contributed by atoms with Crippen molar-refractivity contribution in [1.29, 1.82) is 0 Å². The number of amidine groups is 1. The molecule has 0 bridgehead atoms. The number of hydrogen-bond donors (Lipinski definition) is 3. The van der Waals surface area contributed by atoms with Gasteiger partial charge in [-0.2, -0.15) is 5.10 Å². The summed E-state index contributed by atoms with van der Waals surface area (Å²) in [4.78, 5) is 12.3. The van der Waals surface area contributed by atoms with Crippen LogP contribution in [-0.4, -0.2) is 46.6 Å². The van der Waals surface area contributed by atoms with E-state index in [1.165, 1.54) is 29.5 Å². The lowest BCUT2D eigenvalue weighted by atomic mass is 9.70. The van der Waals surface area contributed by atoms with Crippen LogP contribution in [0.25, 0.3) is 0 Å². The van der Waals surface area contributed by atoms with Crippen molar-refractivity contribution in [2.24, 2.45) is 16.3 Å². The van der Waals surface area contributed by atoms with E-state index in [1.54, 1.807) is 0 Å². The predicted molar refractivity (Wildman–Crippen MR) is 120 cm³/mol. The number of rotatable bonds is 9. The summed E-state index contributed by atoms with van der Waals surface area (Å²) in [5.41, 5.74) is 9.59. The van der Waals surface area contributed by atoms with Crippen LogP contribution >= 0.6 is 23.1 Å². The highest BCUT2D eigenvalue weighted by Gasteiger charge is 2.35. The predicted octanol–water partition coefficient (Wildman–Crippen LogP) is 1.77. The molecule has 1 aliphatic heterocycles. The number of nitrogens with zero attached hydrogens (tertiary/aromatic N) is 3. The third kappa shape index (κ3) is 5.41. The van der Waals surface area contributed by atoms with Crippen LogP contribution in [0, 0.1) is 5.41 Å². The van der Waals surface area contributed by atoms with E-state index >= 15 is 0 Å². The zero-order valence-corrected chi connectivity index (χ0v) is 18.8. The maximum atomic E-state index is 12.3. The number of nitrogens with two attached hydrogens (primary N) is 1. The number of hydrogen-bond acceptors (Lipinski definition) is 10. The van der Waals surface area contributed by atoms with Gasteiger partial charge >= 0.3 is 0 Å². The number of carbonyl (C=O) groups excluding carboxylic acids is 1. The zero-order valence-electron chi connectivity index (χ0n) is 16.3. The third-order valence-corrected chi connectivity index (χ3v) is 8.90. The molecular weight excluding hydrogens is 444 g/mol. The summed E-state index contributed by atoms with van der Waals surface area (Å²) in [6.45, 7) is 0. The summed E-state index contributed by atoms with van der Waals surface area (Å²) >= 11 is 2.54. The third-order valence-electron chi connectivity index (χ3n) is 5.36. The molecule has 30 heavy (non-hydrogen) atoms. The number of thioether (sulfide) groups is 1. The molecule has 1 spiro atoms. The van der Waals surface area contributed by atoms with Crippen molar-refractivity contribution in [1.82, 2.24) is 15.6 Å². The molecule has 1 fully saturated rings. The second-order valence-corrected chi connectivity index (χ2v) is 12.3. The Morgan fingerprint density at radius 1 is 1.33 bits per heavy atom. The molecule has 1 aromatic rings. The molecule has 0 radical (unpaired) electrons. The van der Waals surface area contributed by atoms with Crippen LogP contribution in [0.4, 0.5) is 5.13 Å². The molecule has 1 aromatic heterocycles. The highest BCUT2D eigenvalue weighted by Crippen LogP contribution is 2.47. The minimum Gasteiger partial charge on any atom is -0.377 e. The second-order valence-electron chi connectivity index (χ2n) is 7.74. The topological polar surface area (TPSA) is 139 Å². The van der Waals surface area contributed by atoms with E-state index in [1.807, 2.05) is 6.08 Å². The van der Waals surface area contributed by atoms with Crippen LogP contribution in [0.15, 0.2) is 28.9 Å². The van der Waals surface area contributed by atoms with Gasteiger partial charge in [0, 0.05) is 11.8 Å². The Morgan fingerprint density at radius 3 is 2.83 bits per heavy atom. The number of aromatic nitrogens is 2. The molecular formula is C18H24N6O3S3. The van der Waals surface area contributed by atoms with Crippen molar-refractivity contribution in [3.05, 3.63) is 28.8 Å². The largest absolute Gasteiger partial charge is 0.377 e. The quantitative estimate of drug-likeness (QED) is 0.498. The van der Waals surface area contributed by atoms with Gasteiger partial charge in [0.2, 0.25) is 11.0 Å². The van der Waals surface area contributed by atoms with E-state index in [-0.39, 0.29) is 34.6 Å². The fourth-order valence-corrected chi connectivity index (χ4v) is 6.66. The molecule has 162 valence electrons. The van der Waals surface area contributed by atoms with Gasteiger partial charge in [-0.1, -0.05) is 47.7 Å². The molecule has 12 heteroatoms. The Balaban J connectivity index is 1.20. The minimum absolute atomic E-state index is 0.0108. The maximum Gasteiger partial charge on any atom is 0.230 e. The van der Waals surface area contributed by atoms with Gasteiger partial charge in [-0.05, 0) is 24.8 Å². The first-order valence-electron chi connectivity index (χ1n) is 9.80. The Kier molecular flexibility index (Phi) is 6.16. The van der Waals surface area contributed by atoms with Gasteiger partial charge in [0.25, 0.3) is 0 Å². The fraction of sp³-hybridized carbons (Fsp3) is 0.556. The number of amides is 1. The average molecular weight is 469 g/mol. The number of hydrazone groups is 1. The fourth-order valence-electron chi connectivity index (χ4n) is 3.59. The molecule has 0 saturated heterocycles. The van der Waals surface area contributed by atoms with E-state index in [9.17, 15) is 13.2 Å². The molecule has 3 aliphatic rings. The molecule has 1 unspecified atom stereocenters. The SMILES string of the molecule is NC1=NNC(CCS(=O)(=O)CCc2nnc(NC(=O)CC3=CC4(C=C3)CCC4)s2)S1. The van der Waals surface area contributed by atoms with Crippen LogP contribution in [-0.2, 0) is 21.1 Å². The van der Waals surface area contributed by atoms with Gasteiger partial charge in [-0.3, -0.25) is 10.2 Å². The monoisotopic (exact) mass is 468 g/mol. The number of aryl methyl sites for hydroxylation is 1. The van der Waals surface area contributed by atoms with E-state index < -0.39 is 9.84 Å². The van der Waals surface area contributed by atoms with E-state index in [0.29, 0.717) is 28.1 Å². The van der Waals surface area contributed by atoms with Crippen molar-refractivity contribution in [3.8, 4) is 0 Å². The summed E-state index contributed by atoms with van der Waals surface area (Å²) < 4.78 is 24.5. The zero-order chi connectivity index (χ0) is 21.2. The number of allylic oxidation sites excluding steroid dienone is 3. The summed E-state index contributed by atoms with van der Waals surface area (Å²) in [7, 11) is -3.23. The van der Waals surface area contributed by atoms with Crippen LogP contribution in [0.5, 0.6) is 0 Å². The summed E-state index contributed by atoms with van der Waals surface area (Å²) in [5.74, 6) is -0.101. The van der Waals surface area contributed by atoms with E-state index in [2.05, 4.69) is 38.2 Å². The minimum atomic E-state index is -3.23. The van der Waals surface area contributed by atoms with Crippen molar-refractivity contribution in [3.63, 3.8) is 0 Å². The van der Waals surface area contributed by atoms with Gasteiger partial charge in [-0.25, -0.2) is 8.42 Å². The highest BCUT2D eigenvalue weighted by atomic mass is 32.2. The number of nitrogens with one attached hydrogen (secondary N) is 2. The van der Waals surface area contributed by atoms with Crippen molar-refractivity contribution in [2.75, 3.05) is 16.8 Å². The summed E-state index contributed by atoms with van der Waals surface area (Å²) in [6.07, 6.45) is 11.0. The molecule has 4 rings (SSSR count).